The molecule has 3 N–H and O–H groups in total. The third kappa shape index (κ3) is 5.71. The molecule has 6 heteroatoms. The second-order valence-electron chi connectivity index (χ2n) is 7.48. The molecule has 0 radical (unpaired) electrons. The van der Waals surface area contributed by atoms with E-state index in [9.17, 15) is 15.0 Å². The lowest BCUT2D eigenvalue weighted by Gasteiger charge is -2.36. The molecule has 2 aliphatic heterocycles. The molecule has 2 heterocycles. The van der Waals surface area contributed by atoms with Gasteiger partial charge in [0, 0.05) is 39.3 Å². The molecular formula is C17H32N2O4. The van der Waals surface area contributed by atoms with E-state index in [2.05, 4.69) is 24.1 Å². The molecule has 2 rings (SSSR count). The molecule has 2 aliphatic rings. The van der Waals surface area contributed by atoms with Crippen molar-refractivity contribution in [2.75, 3.05) is 32.8 Å². The molecule has 1 amide bonds. The van der Waals surface area contributed by atoms with E-state index in [4.69, 9.17) is 4.74 Å². The maximum absolute atomic E-state index is 12.3. The molecule has 2 saturated heterocycles. The molecule has 23 heavy (non-hydrogen) atoms. The largest absolute Gasteiger partial charge is 0.392 e. The first-order valence-corrected chi connectivity index (χ1v) is 8.89. The number of carbonyl (C=O) groups excluding carboxylic acids is 1. The average molecular weight is 328 g/mol. The van der Waals surface area contributed by atoms with Crippen LogP contribution in [0.2, 0.25) is 0 Å². The summed E-state index contributed by atoms with van der Waals surface area (Å²) in [4.78, 5) is 14.4. The van der Waals surface area contributed by atoms with Crippen LogP contribution >= 0.6 is 0 Å². The summed E-state index contributed by atoms with van der Waals surface area (Å²) in [5.74, 6) is 0.483. The maximum atomic E-state index is 12.3. The quantitative estimate of drug-likeness (QED) is 0.662. The molecule has 6 nitrogen and oxygen atoms in total. The van der Waals surface area contributed by atoms with Gasteiger partial charge in [0.2, 0.25) is 5.91 Å². The number of nitrogens with zero attached hydrogens (tertiary/aromatic N) is 1. The van der Waals surface area contributed by atoms with Crippen molar-refractivity contribution in [1.82, 2.24) is 10.2 Å². The maximum Gasteiger partial charge on any atom is 0.237 e. The number of aliphatic hydroxyl groups excluding tert-OH is 1. The van der Waals surface area contributed by atoms with Crippen molar-refractivity contribution in [2.24, 2.45) is 5.92 Å². The van der Waals surface area contributed by atoms with Crippen LogP contribution < -0.4 is 5.32 Å². The van der Waals surface area contributed by atoms with Gasteiger partial charge < -0.3 is 20.3 Å². The molecule has 0 bridgehead atoms. The summed E-state index contributed by atoms with van der Waals surface area (Å²) < 4.78 is 5.28. The standard InChI is InChI=1S/C17H32N2O4/c1-13(2)10-15-16(21)18-6-3-7-19(15)12-14(20)11-17(22)4-8-23-9-5-17/h13-15,20,22H,3-12H2,1-2H3,(H,18,21). The van der Waals surface area contributed by atoms with Crippen LogP contribution in [0.25, 0.3) is 0 Å². The summed E-state index contributed by atoms with van der Waals surface area (Å²) in [5, 5.41) is 24.0. The van der Waals surface area contributed by atoms with E-state index < -0.39 is 11.7 Å². The first-order chi connectivity index (χ1) is 10.9. The van der Waals surface area contributed by atoms with Crippen LogP contribution in [0.5, 0.6) is 0 Å². The highest BCUT2D eigenvalue weighted by Gasteiger charge is 2.35. The smallest absolute Gasteiger partial charge is 0.237 e. The van der Waals surface area contributed by atoms with Gasteiger partial charge in [0.1, 0.15) is 0 Å². The lowest BCUT2D eigenvalue weighted by molar-refractivity contribution is -0.127. The van der Waals surface area contributed by atoms with Gasteiger partial charge in [-0.05, 0) is 31.6 Å². The van der Waals surface area contributed by atoms with Crippen LogP contribution in [-0.2, 0) is 9.53 Å². The van der Waals surface area contributed by atoms with Gasteiger partial charge in [-0.2, -0.15) is 0 Å². The Morgan fingerprint density at radius 1 is 1.39 bits per heavy atom. The minimum Gasteiger partial charge on any atom is -0.392 e. The monoisotopic (exact) mass is 328 g/mol. The Labute approximate surface area is 139 Å². The van der Waals surface area contributed by atoms with Gasteiger partial charge in [-0.15, -0.1) is 0 Å². The van der Waals surface area contributed by atoms with Gasteiger partial charge in [0.25, 0.3) is 0 Å². The summed E-state index contributed by atoms with van der Waals surface area (Å²) in [5.41, 5.74) is -0.834. The third-order valence-corrected chi connectivity index (χ3v) is 4.84. The Morgan fingerprint density at radius 2 is 2.09 bits per heavy atom. The number of ether oxygens (including phenoxy) is 1. The normalized spacial score (nSPS) is 27.5. The van der Waals surface area contributed by atoms with Crippen LogP contribution in [0.15, 0.2) is 0 Å². The molecular weight excluding hydrogens is 296 g/mol. The van der Waals surface area contributed by atoms with Crippen LogP contribution in [0.4, 0.5) is 0 Å². The Hall–Kier alpha value is -0.690. The number of amides is 1. The Kier molecular flexibility index (Phi) is 6.83. The highest BCUT2D eigenvalue weighted by Crippen LogP contribution is 2.26. The summed E-state index contributed by atoms with van der Waals surface area (Å²) in [6, 6.07) is -0.184. The molecule has 0 aromatic carbocycles. The molecule has 2 atom stereocenters. The summed E-state index contributed by atoms with van der Waals surface area (Å²) in [6.07, 6.45) is 2.55. The van der Waals surface area contributed by atoms with Crippen molar-refractivity contribution >= 4 is 5.91 Å². The molecule has 134 valence electrons. The van der Waals surface area contributed by atoms with E-state index in [-0.39, 0.29) is 11.9 Å². The zero-order valence-corrected chi connectivity index (χ0v) is 14.5. The highest BCUT2D eigenvalue weighted by molar-refractivity contribution is 5.81. The van der Waals surface area contributed by atoms with Crippen LogP contribution in [-0.4, -0.2) is 71.6 Å². The lowest BCUT2D eigenvalue weighted by atomic mass is 9.88. The van der Waals surface area contributed by atoms with Crippen molar-refractivity contribution in [3.63, 3.8) is 0 Å². The zero-order chi connectivity index (χ0) is 16.9. The van der Waals surface area contributed by atoms with Gasteiger partial charge >= 0.3 is 0 Å². The second-order valence-corrected chi connectivity index (χ2v) is 7.48. The van der Waals surface area contributed by atoms with E-state index >= 15 is 0 Å². The van der Waals surface area contributed by atoms with Crippen LogP contribution in [0.1, 0.15) is 46.0 Å². The van der Waals surface area contributed by atoms with Crippen molar-refractivity contribution < 1.29 is 19.7 Å². The lowest BCUT2D eigenvalue weighted by Crippen LogP contribution is -2.49. The summed E-state index contributed by atoms with van der Waals surface area (Å²) >= 11 is 0. The fourth-order valence-corrected chi connectivity index (χ4v) is 3.58. The predicted molar refractivity (Wildman–Crippen MR) is 88.1 cm³/mol. The van der Waals surface area contributed by atoms with Crippen molar-refractivity contribution in [3.8, 4) is 0 Å². The van der Waals surface area contributed by atoms with E-state index in [0.29, 0.717) is 51.5 Å². The van der Waals surface area contributed by atoms with Gasteiger partial charge in [-0.25, -0.2) is 0 Å². The number of β-amino-alcohol motifs (C(OH)–C–C–N with tert-alkyl or cyclic N) is 1. The number of rotatable bonds is 6. The Morgan fingerprint density at radius 3 is 2.74 bits per heavy atom. The molecule has 2 fully saturated rings. The number of nitrogens with one attached hydrogen (secondary N) is 1. The summed E-state index contributed by atoms with van der Waals surface area (Å²) in [7, 11) is 0. The molecule has 0 aromatic rings. The van der Waals surface area contributed by atoms with Gasteiger partial charge in [0.05, 0.1) is 17.7 Å². The van der Waals surface area contributed by atoms with E-state index in [1.54, 1.807) is 0 Å². The van der Waals surface area contributed by atoms with Crippen molar-refractivity contribution in [3.05, 3.63) is 0 Å². The van der Waals surface area contributed by atoms with Crippen molar-refractivity contribution in [1.29, 1.82) is 0 Å². The SMILES string of the molecule is CC(C)CC1C(=O)NCCCN1CC(O)CC1(O)CCOCC1. The molecule has 2 unspecified atom stereocenters. The first kappa shape index (κ1) is 18.6. The first-order valence-electron chi connectivity index (χ1n) is 8.89. The summed E-state index contributed by atoms with van der Waals surface area (Å²) in [6.45, 7) is 7.25. The number of aliphatic hydroxyl groups is 2. The van der Waals surface area contributed by atoms with E-state index in [1.807, 2.05) is 0 Å². The number of hydrogen-bond acceptors (Lipinski definition) is 5. The molecule has 0 saturated carbocycles. The fraction of sp³-hybridized carbons (Fsp3) is 0.941. The fourth-order valence-electron chi connectivity index (χ4n) is 3.58. The molecule has 0 aliphatic carbocycles. The topological polar surface area (TPSA) is 82.0 Å². The van der Waals surface area contributed by atoms with E-state index in [1.165, 1.54) is 0 Å². The van der Waals surface area contributed by atoms with Gasteiger partial charge in [0.15, 0.2) is 0 Å². The highest BCUT2D eigenvalue weighted by atomic mass is 16.5. The third-order valence-electron chi connectivity index (χ3n) is 4.84. The average Bonchev–Trinajstić information content (AvgIpc) is 2.62. The van der Waals surface area contributed by atoms with Crippen molar-refractivity contribution in [2.45, 2.75) is 63.7 Å². The van der Waals surface area contributed by atoms with Gasteiger partial charge in [-0.3, -0.25) is 9.69 Å². The number of carbonyl (C=O) groups is 1. The Bertz CT molecular complexity index is 383. The zero-order valence-electron chi connectivity index (χ0n) is 14.5. The predicted octanol–water partition coefficient (Wildman–Crippen LogP) is 0.516. The molecule has 0 spiro atoms. The van der Waals surface area contributed by atoms with Crippen LogP contribution in [0, 0.1) is 5.92 Å². The minimum absolute atomic E-state index is 0.0631. The minimum atomic E-state index is -0.834. The Balaban J connectivity index is 1.95. The molecule has 0 aromatic heterocycles. The second kappa shape index (κ2) is 8.42. The van der Waals surface area contributed by atoms with E-state index in [0.717, 1.165) is 19.4 Å². The number of hydrogen-bond donors (Lipinski definition) is 3. The van der Waals surface area contributed by atoms with Crippen LogP contribution in [0.3, 0.4) is 0 Å². The van der Waals surface area contributed by atoms with Gasteiger partial charge in [-0.1, -0.05) is 13.8 Å².